The standard InChI is InChI=1S/C12H16ClN3O/c13-10-4-1-3-9(7-10)11(17)8-15-12(14)16-5-2-6-16/h1,3-4,7,11,17H,2,5-6,8H2,(H2,14,15)/t11-/m1/s1. The lowest BCUT2D eigenvalue weighted by atomic mass is 10.1. The predicted molar refractivity (Wildman–Crippen MR) is 69.1 cm³/mol. The van der Waals surface area contributed by atoms with E-state index < -0.39 is 6.10 Å². The van der Waals surface area contributed by atoms with Gasteiger partial charge in [0.2, 0.25) is 0 Å². The van der Waals surface area contributed by atoms with Crippen LogP contribution in [0.25, 0.3) is 0 Å². The minimum absolute atomic E-state index is 0.267. The molecular formula is C12H16ClN3O. The van der Waals surface area contributed by atoms with Crippen molar-refractivity contribution < 1.29 is 5.11 Å². The highest BCUT2D eigenvalue weighted by Crippen LogP contribution is 2.18. The van der Waals surface area contributed by atoms with Crippen LogP contribution in [0.3, 0.4) is 0 Å². The molecule has 0 unspecified atom stereocenters. The number of aliphatic hydroxyl groups excluding tert-OH is 1. The predicted octanol–water partition coefficient (Wildman–Crippen LogP) is 1.39. The van der Waals surface area contributed by atoms with Gasteiger partial charge in [-0.15, -0.1) is 0 Å². The van der Waals surface area contributed by atoms with Gasteiger partial charge in [-0.3, -0.25) is 4.99 Å². The van der Waals surface area contributed by atoms with E-state index in [0.717, 1.165) is 25.1 Å². The summed E-state index contributed by atoms with van der Waals surface area (Å²) in [6.07, 6.45) is 0.501. The second-order valence-electron chi connectivity index (χ2n) is 4.11. The van der Waals surface area contributed by atoms with Crippen molar-refractivity contribution in [3.05, 3.63) is 34.9 Å². The van der Waals surface area contributed by atoms with Crippen LogP contribution in [0, 0.1) is 0 Å². The minimum atomic E-state index is -0.659. The SMILES string of the molecule is NC(=NC[C@@H](O)c1cccc(Cl)c1)N1CCC1. The number of nitrogens with two attached hydrogens (primary N) is 1. The van der Waals surface area contributed by atoms with E-state index in [1.807, 2.05) is 17.0 Å². The van der Waals surface area contributed by atoms with Crippen molar-refractivity contribution in [1.29, 1.82) is 0 Å². The first kappa shape index (κ1) is 12.2. The zero-order chi connectivity index (χ0) is 12.3. The van der Waals surface area contributed by atoms with Gasteiger partial charge in [-0.2, -0.15) is 0 Å². The van der Waals surface area contributed by atoms with Crippen LogP contribution in [0.4, 0.5) is 0 Å². The molecule has 1 aromatic carbocycles. The third-order valence-corrected chi connectivity index (χ3v) is 3.07. The summed E-state index contributed by atoms with van der Waals surface area (Å²) in [5.74, 6) is 0.511. The van der Waals surface area contributed by atoms with Crippen molar-refractivity contribution in [1.82, 2.24) is 4.90 Å². The van der Waals surface area contributed by atoms with Gasteiger partial charge in [0, 0.05) is 18.1 Å². The Hall–Kier alpha value is -1.26. The molecule has 17 heavy (non-hydrogen) atoms. The molecule has 0 saturated carbocycles. The molecule has 2 rings (SSSR count). The smallest absolute Gasteiger partial charge is 0.191 e. The average Bonchev–Trinajstić information content (AvgIpc) is 2.23. The fourth-order valence-electron chi connectivity index (χ4n) is 1.64. The zero-order valence-corrected chi connectivity index (χ0v) is 10.3. The Morgan fingerprint density at radius 3 is 2.88 bits per heavy atom. The lowest BCUT2D eigenvalue weighted by molar-refractivity contribution is 0.186. The minimum Gasteiger partial charge on any atom is -0.386 e. The number of halogens is 1. The molecule has 0 bridgehead atoms. The molecular weight excluding hydrogens is 238 g/mol. The number of nitrogens with zero attached hydrogens (tertiary/aromatic N) is 2. The fraction of sp³-hybridized carbons (Fsp3) is 0.417. The Bertz CT molecular complexity index is 418. The fourth-order valence-corrected chi connectivity index (χ4v) is 1.84. The van der Waals surface area contributed by atoms with E-state index in [4.69, 9.17) is 17.3 Å². The quantitative estimate of drug-likeness (QED) is 0.632. The third kappa shape index (κ3) is 3.11. The second-order valence-corrected chi connectivity index (χ2v) is 4.55. The Balaban J connectivity index is 1.94. The van der Waals surface area contributed by atoms with Gasteiger partial charge in [-0.05, 0) is 24.1 Å². The van der Waals surface area contributed by atoms with Crippen LogP contribution in [0.2, 0.25) is 5.02 Å². The topological polar surface area (TPSA) is 61.9 Å². The van der Waals surface area contributed by atoms with Crippen LogP contribution in [0.5, 0.6) is 0 Å². The number of aliphatic hydroxyl groups is 1. The van der Waals surface area contributed by atoms with Crippen LogP contribution in [-0.4, -0.2) is 35.6 Å². The number of hydrogen-bond acceptors (Lipinski definition) is 2. The lowest BCUT2D eigenvalue weighted by Crippen LogP contribution is -2.46. The number of benzene rings is 1. The maximum Gasteiger partial charge on any atom is 0.191 e. The first-order valence-corrected chi connectivity index (χ1v) is 6.03. The molecule has 4 nitrogen and oxygen atoms in total. The van der Waals surface area contributed by atoms with E-state index in [1.54, 1.807) is 12.1 Å². The Morgan fingerprint density at radius 2 is 2.29 bits per heavy atom. The molecule has 1 fully saturated rings. The van der Waals surface area contributed by atoms with E-state index >= 15 is 0 Å². The van der Waals surface area contributed by atoms with E-state index in [0.29, 0.717) is 11.0 Å². The molecule has 1 aliphatic rings. The third-order valence-electron chi connectivity index (χ3n) is 2.84. The summed E-state index contributed by atoms with van der Waals surface area (Å²) >= 11 is 5.85. The Labute approximate surface area is 106 Å². The number of aliphatic imine (C=N–C) groups is 1. The van der Waals surface area contributed by atoms with Crippen LogP contribution in [-0.2, 0) is 0 Å². The van der Waals surface area contributed by atoms with E-state index in [-0.39, 0.29) is 6.54 Å². The number of hydrogen-bond donors (Lipinski definition) is 2. The Morgan fingerprint density at radius 1 is 1.53 bits per heavy atom. The Kier molecular flexibility index (Phi) is 3.86. The maximum atomic E-state index is 9.93. The van der Waals surface area contributed by atoms with Gasteiger partial charge in [0.15, 0.2) is 5.96 Å². The summed E-state index contributed by atoms with van der Waals surface area (Å²) < 4.78 is 0. The molecule has 92 valence electrons. The van der Waals surface area contributed by atoms with E-state index in [9.17, 15) is 5.11 Å². The van der Waals surface area contributed by atoms with Crippen molar-refractivity contribution in [2.24, 2.45) is 10.7 Å². The van der Waals surface area contributed by atoms with Crippen molar-refractivity contribution in [2.75, 3.05) is 19.6 Å². The zero-order valence-electron chi connectivity index (χ0n) is 9.51. The average molecular weight is 254 g/mol. The van der Waals surface area contributed by atoms with Crippen molar-refractivity contribution in [3.63, 3.8) is 0 Å². The molecule has 1 aromatic rings. The van der Waals surface area contributed by atoms with Gasteiger partial charge in [0.05, 0.1) is 12.6 Å². The number of rotatable bonds is 3. The lowest BCUT2D eigenvalue weighted by Gasteiger charge is -2.31. The number of guanidine groups is 1. The van der Waals surface area contributed by atoms with Crippen LogP contribution in [0.15, 0.2) is 29.3 Å². The molecule has 1 atom stereocenters. The first-order valence-electron chi connectivity index (χ1n) is 5.65. The van der Waals surface area contributed by atoms with E-state index in [1.165, 1.54) is 0 Å². The van der Waals surface area contributed by atoms with Crippen molar-refractivity contribution >= 4 is 17.6 Å². The monoisotopic (exact) mass is 253 g/mol. The van der Waals surface area contributed by atoms with Gasteiger partial charge in [-0.25, -0.2) is 0 Å². The van der Waals surface area contributed by atoms with Crippen molar-refractivity contribution in [2.45, 2.75) is 12.5 Å². The molecule has 0 amide bonds. The van der Waals surface area contributed by atoms with Crippen LogP contribution >= 0.6 is 11.6 Å². The summed E-state index contributed by atoms with van der Waals surface area (Å²) in [5, 5.41) is 10.5. The summed E-state index contributed by atoms with van der Waals surface area (Å²) in [6.45, 7) is 2.19. The molecule has 0 aromatic heterocycles. The van der Waals surface area contributed by atoms with Crippen LogP contribution in [0.1, 0.15) is 18.1 Å². The van der Waals surface area contributed by atoms with Gasteiger partial charge >= 0.3 is 0 Å². The summed E-state index contributed by atoms with van der Waals surface area (Å²) in [4.78, 5) is 6.17. The van der Waals surface area contributed by atoms with Crippen LogP contribution < -0.4 is 5.73 Å². The van der Waals surface area contributed by atoms with Gasteiger partial charge in [-0.1, -0.05) is 23.7 Å². The number of likely N-dealkylation sites (tertiary alicyclic amines) is 1. The molecule has 5 heteroatoms. The molecule has 3 N–H and O–H groups in total. The highest BCUT2D eigenvalue weighted by Gasteiger charge is 2.16. The highest BCUT2D eigenvalue weighted by molar-refractivity contribution is 6.30. The first-order chi connectivity index (χ1) is 8.16. The second kappa shape index (κ2) is 5.38. The normalized spacial score (nSPS) is 17.8. The molecule has 1 aliphatic heterocycles. The summed E-state index contributed by atoms with van der Waals surface area (Å²) in [6, 6.07) is 7.15. The highest BCUT2D eigenvalue weighted by atomic mass is 35.5. The largest absolute Gasteiger partial charge is 0.386 e. The summed E-state index contributed by atoms with van der Waals surface area (Å²) in [5.41, 5.74) is 6.54. The summed E-state index contributed by atoms with van der Waals surface area (Å²) in [7, 11) is 0. The molecule has 0 radical (unpaired) electrons. The molecule has 1 saturated heterocycles. The maximum absolute atomic E-state index is 9.93. The van der Waals surface area contributed by atoms with Gasteiger partial charge in [0.1, 0.15) is 0 Å². The van der Waals surface area contributed by atoms with E-state index in [2.05, 4.69) is 4.99 Å². The van der Waals surface area contributed by atoms with Crippen molar-refractivity contribution in [3.8, 4) is 0 Å². The van der Waals surface area contributed by atoms with Gasteiger partial charge < -0.3 is 15.7 Å². The molecule has 0 aliphatic carbocycles. The molecule has 1 heterocycles. The molecule has 0 spiro atoms. The van der Waals surface area contributed by atoms with Gasteiger partial charge in [0.25, 0.3) is 0 Å².